The molecule has 1 aliphatic rings. The fourth-order valence-electron chi connectivity index (χ4n) is 5.94. The number of carbonyl (C=O) groups is 2. The van der Waals surface area contributed by atoms with Gasteiger partial charge in [0.2, 0.25) is 18.2 Å². The predicted octanol–water partition coefficient (Wildman–Crippen LogP) is 4.95. The van der Waals surface area contributed by atoms with Gasteiger partial charge < -0.3 is 9.80 Å². The first kappa shape index (κ1) is 32.9. The molecule has 0 N–H and O–H groups in total. The van der Waals surface area contributed by atoms with Crippen molar-refractivity contribution in [3.8, 4) is 0 Å². The molecule has 38 heavy (non-hydrogen) atoms. The number of hydrogen-bond acceptors (Lipinski definition) is 8. The van der Waals surface area contributed by atoms with E-state index in [-0.39, 0.29) is 13.1 Å². The largest absolute Gasteiger partial charge is 0.330 e. The molecule has 0 unspecified atom stereocenters. The Hall–Kier alpha value is -3.12. The molecule has 1 aliphatic heterocycles. The van der Waals surface area contributed by atoms with E-state index in [1.807, 2.05) is 27.7 Å². The van der Waals surface area contributed by atoms with Gasteiger partial charge in [0.1, 0.15) is 6.67 Å². The summed E-state index contributed by atoms with van der Waals surface area (Å²) in [6, 6.07) is -1.00. The average Bonchev–Trinajstić information content (AvgIpc) is 2.64. The summed E-state index contributed by atoms with van der Waals surface area (Å²) in [7, 11) is 0. The molecule has 0 saturated carbocycles. The zero-order chi connectivity index (χ0) is 30.0. The second-order valence-corrected chi connectivity index (χ2v) is 13.9. The van der Waals surface area contributed by atoms with Gasteiger partial charge in [0.25, 0.3) is 0 Å². The Labute approximate surface area is 226 Å². The average molecular weight is 533 g/mol. The Morgan fingerprint density at radius 1 is 0.553 bits per heavy atom. The normalized spacial score (nSPS) is 16.1. The smallest absolute Gasteiger partial charge is 0.301 e. The molecule has 0 aromatic heterocycles. The topological polar surface area (TPSA) is 132 Å². The number of nitrogens with zero attached hydrogens (tertiary/aromatic N) is 6. The molecule has 4 amide bonds. The van der Waals surface area contributed by atoms with Crippen LogP contribution in [0.25, 0.3) is 0 Å². The van der Waals surface area contributed by atoms with Crippen molar-refractivity contribution in [2.24, 2.45) is 15.0 Å². The first-order valence-electron chi connectivity index (χ1n) is 12.7. The van der Waals surface area contributed by atoms with Crippen LogP contribution in [0.1, 0.15) is 102 Å². The minimum absolute atomic E-state index is 0.0259. The number of carbonyl (C=O) groups excluding carboxylic acids is 5. The van der Waals surface area contributed by atoms with Crippen molar-refractivity contribution < 1.29 is 24.0 Å². The van der Waals surface area contributed by atoms with Crippen molar-refractivity contribution in [2.45, 2.75) is 136 Å². The van der Waals surface area contributed by atoms with E-state index in [0.29, 0.717) is 12.8 Å². The Kier molecular flexibility index (Phi) is 9.47. The molecule has 0 aromatic rings. The summed E-state index contributed by atoms with van der Waals surface area (Å²) in [6.45, 7) is 21.5. The monoisotopic (exact) mass is 532 g/mol. The predicted molar refractivity (Wildman–Crippen MR) is 144 cm³/mol. The van der Waals surface area contributed by atoms with Crippen molar-refractivity contribution in [2.75, 3.05) is 6.67 Å². The molecule has 0 aliphatic carbocycles. The second kappa shape index (κ2) is 10.9. The summed E-state index contributed by atoms with van der Waals surface area (Å²) in [6.07, 6.45) is 5.64. The summed E-state index contributed by atoms with van der Waals surface area (Å²) < 4.78 is 0. The number of isocyanates is 3. The summed E-state index contributed by atoms with van der Waals surface area (Å²) >= 11 is 0. The Balaban J connectivity index is 3.73. The number of amides is 4. The van der Waals surface area contributed by atoms with Crippen LogP contribution in [0, 0.1) is 0 Å². The van der Waals surface area contributed by atoms with E-state index in [1.165, 1.54) is 4.90 Å². The van der Waals surface area contributed by atoms with Crippen LogP contribution in [-0.4, -0.2) is 84.9 Å². The number of aliphatic imine (C=N–C) groups is 3. The first-order valence-corrected chi connectivity index (χ1v) is 12.7. The minimum Gasteiger partial charge on any atom is -0.301 e. The molecule has 0 aromatic carbocycles. The molecule has 11 nitrogen and oxygen atoms in total. The molecule has 1 saturated heterocycles. The van der Waals surface area contributed by atoms with Crippen LogP contribution >= 0.6 is 0 Å². The standard InChI is InChI=1S/C27H44N6O5/c1-22(2,28-16-34)13-25(7,8)31-19-32(26(9,10)14-23(3,4)29-17-35)21(38)33(20(31)37)27(11,12)15-24(5,6)30-18-36/h13-15,19H2,1-12H3. The lowest BCUT2D eigenvalue weighted by molar-refractivity contribution is -0.0301. The Morgan fingerprint density at radius 2 is 0.816 bits per heavy atom. The molecule has 1 heterocycles. The summed E-state index contributed by atoms with van der Waals surface area (Å²) in [5.74, 6) is 0. The zero-order valence-electron chi connectivity index (χ0n) is 25.1. The van der Waals surface area contributed by atoms with Crippen molar-refractivity contribution in [1.82, 2.24) is 14.7 Å². The van der Waals surface area contributed by atoms with E-state index < -0.39 is 45.3 Å². The summed E-state index contributed by atoms with van der Waals surface area (Å²) in [5.41, 5.74) is -5.22. The van der Waals surface area contributed by atoms with Crippen LogP contribution in [0.15, 0.2) is 15.0 Å². The van der Waals surface area contributed by atoms with Crippen LogP contribution in [0.4, 0.5) is 9.59 Å². The molecule has 11 heteroatoms. The summed E-state index contributed by atoms with van der Waals surface area (Å²) in [4.78, 5) is 77.4. The highest BCUT2D eigenvalue weighted by Crippen LogP contribution is 2.39. The Morgan fingerprint density at radius 3 is 1.08 bits per heavy atom. The lowest BCUT2D eigenvalue weighted by atomic mass is 9.83. The molecule has 1 rings (SSSR count). The van der Waals surface area contributed by atoms with Crippen LogP contribution in [0.3, 0.4) is 0 Å². The van der Waals surface area contributed by atoms with Gasteiger partial charge in [0, 0.05) is 11.1 Å². The highest BCUT2D eigenvalue weighted by atomic mass is 16.2. The molecular formula is C27H44N6O5. The van der Waals surface area contributed by atoms with Crippen LogP contribution < -0.4 is 0 Å². The third kappa shape index (κ3) is 7.94. The fourth-order valence-corrected chi connectivity index (χ4v) is 5.94. The summed E-state index contributed by atoms with van der Waals surface area (Å²) in [5, 5.41) is 0. The maximum absolute atomic E-state index is 14.1. The van der Waals surface area contributed by atoms with Gasteiger partial charge in [0.05, 0.1) is 22.2 Å². The molecule has 0 bridgehead atoms. The highest BCUT2D eigenvalue weighted by Gasteiger charge is 2.53. The van der Waals surface area contributed by atoms with Crippen LogP contribution in [-0.2, 0) is 14.4 Å². The highest BCUT2D eigenvalue weighted by molar-refractivity contribution is 5.97. The van der Waals surface area contributed by atoms with Crippen molar-refractivity contribution in [1.29, 1.82) is 0 Å². The lowest BCUT2D eigenvalue weighted by Crippen LogP contribution is -2.73. The van der Waals surface area contributed by atoms with Gasteiger partial charge in [-0.25, -0.2) is 28.9 Å². The number of urea groups is 2. The van der Waals surface area contributed by atoms with E-state index in [9.17, 15) is 24.0 Å². The van der Waals surface area contributed by atoms with E-state index in [0.717, 1.165) is 0 Å². The lowest BCUT2D eigenvalue weighted by Gasteiger charge is -2.56. The van der Waals surface area contributed by atoms with Crippen molar-refractivity contribution in [3.05, 3.63) is 0 Å². The SMILES string of the molecule is CC(C)(CC(C)(C)N1CN(C(C)(C)CC(C)(C)N=C=O)C(=O)N(C(C)(C)CC(C)(C)N=C=O)C1=O)N=C=O. The number of imide groups is 1. The van der Waals surface area contributed by atoms with E-state index in [1.54, 1.807) is 83.4 Å². The molecule has 0 spiro atoms. The third-order valence-electron chi connectivity index (χ3n) is 6.83. The molecule has 1 fully saturated rings. The minimum atomic E-state index is -1.05. The number of rotatable bonds is 12. The van der Waals surface area contributed by atoms with Crippen molar-refractivity contribution in [3.63, 3.8) is 0 Å². The van der Waals surface area contributed by atoms with E-state index >= 15 is 0 Å². The zero-order valence-corrected chi connectivity index (χ0v) is 25.1. The molecule has 0 radical (unpaired) electrons. The van der Waals surface area contributed by atoms with Gasteiger partial charge >= 0.3 is 12.1 Å². The van der Waals surface area contributed by atoms with Gasteiger partial charge in [0.15, 0.2) is 0 Å². The van der Waals surface area contributed by atoms with Gasteiger partial charge in [-0.3, -0.25) is 0 Å². The number of hydrogen-bond donors (Lipinski definition) is 0. The second-order valence-electron chi connectivity index (χ2n) is 13.9. The third-order valence-corrected chi connectivity index (χ3v) is 6.83. The van der Waals surface area contributed by atoms with Gasteiger partial charge in [-0.2, -0.15) is 15.0 Å². The quantitative estimate of drug-likeness (QED) is 0.259. The molecule has 212 valence electrons. The van der Waals surface area contributed by atoms with Gasteiger partial charge in [-0.1, -0.05) is 0 Å². The van der Waals surface area contributed by atoms with Crippen LogP contribution in [0.2, 0.25) is 0 Å². The molecule has 0 atom stereocenters. The maximum Gasteiger partial charge on any atom is 0.330 e. The van der Waals surface area contributed by atoms with E-state index in [4.69, 9.17) is 0 Å². The Bertz CT molecular complexity index is 1010. The first-order chi connectivity index (χ1) is 17.0. The van der Waals surface area contributed by atoms with E-state index in [2.05, 4.69) is 15.0 Å². The molecular weight excluding hydrogens is 488 g/mol. The van der Waals surface area contributed by atoms with Crippen molar-refractivity contribution >= 4 is 30.3 Å². The fraction of sp³-hybridized carbons (Fsp3) is 0.815. The van der Waals surface area contributed by atoms with Crippen LogP contribution in [0.5, 0.6) is 0 Å². The van der Waals surface area contributed by atoms with Gasteiger partial charge in [-0.15, -0.1) is 0 Å². The maximum atomic E-state index is 14.1. The van der Waals surface area contributed by atoms with Gasteiger partial charge in [-0.05, 0) is 102 Å².